The summed E-state index contributed by atoms with van der Waals surface area (Å²) in [5.41, 5.74) is 0. The first-order chi connectivity index (χ1) is 8.32. The monoisotopic (exact) mass is 259 g/mol. The lowest BCUT2D eigenvalue weighted by Crippen LogP contribution is -2.48. The largest absolute Gasteiger partial charge is 0.480 e. The number of carbonyl (C=O) groups excluding carboxylic acids is 2. The molecule has 8 nitrogen and oxygen atoms in total. The third-order valence-electron chi connectivity index (χ3n) is 2.71. The number of carboxylic acids is 1. The normalized spacial score (nSPS) is 22.7. The number of amides is 3. The van der Waals surface area contributed by atoms with Crippen LogP contribution in [0.1, 0.15) is 6.42 Å². The summed E-state index contributed by atoms with van der Waals surface area (Å²) >= 11 is 0. The highest BCUT2D eigenvalue weighted by molar-refractivity contribution is 5.87. The van der Waals surface area contributed by atoms with Crippen LogP contribution in [0.4, 0.5) is 4.79 Å². The van der Waals surface area contributed by atoms with Gasteiger partial charge in [0.05, 0.1) is 12.6 Å². The summed E-state index contributed by atoms with van der Waals surface area (Å²) in [6.45, 7) is -0.246. The molecule has 1 rings (SSSR count). The van der Waals surface area contributed by atoms with Gasteiger partial charge in [0.2, 0.25) is 5.91 Å². The van der Waals surface area contributed by atoms with E-state index in [2.05, 4.69) is 5.32 Å². The molecule has 0 aromatic carbocycles. The average molecular weight is 259 g/mol. The van der Waals surface area contributed by atoms with Crippen LogP contribution in [0, 0.1) is 0 Å². The van der Waals surface area contributed by atoms with Gasteiger partial charge in [-0.25, -0.2) is 9.59 Å². The molecule has 1 heterocycles. The number of rotatable bonds is 3. The molecule has 0 aromatic rings. The molecular weight excluding hydrogens is 242 g/mol. The molecule has 8 heteroatoms. The number of hydrogen-bond donors (Lipinski definition) is 3. The summed E-state index contributed by atoms with van der Waals surface area (Å²) in [5.74, 6) is -1.46. The zero-order chi connectivity index (χ0) is 13.9. The minimum Gasteiger partial charge on any atom is -0.480 e. The fraction of sp³-hybridized carbons (Fsp3) is 0.700. The number of urea groups is 1. The lowest BCUT2D eigenvalue weighted by molar-refractivity contribution is -0.141. The van der Waals surface area contributed by atoms with E-state index >= 15 is 0 Å². The number of aliphatic carboxylic acids is 1. The number of nitrogens with zero attached hydrogens (tertiary/aromatic N) is 2. The van der Waals surface area contributed by atoms with E-state index in [4.69, 9.17) is 5.11 Å². The Labute approximate surface area is 104 Å². The molecular formula is C10H17N3O5. The van der Waals surface area contributed by atoms with Gasteiger partial charge in [-0.1, -0.05) is 0 Å². The minimum atomic E-state index is -1.17. The average Bonchev–Trinajstić information content (AvgIpc) is 2.67. The van der Waals surface area contributed by atoms with E-state index in [1.165, 1.54) is 4.90 Å². The van der Waals surface area contributed by atoms with Crippen molar-refractivity contribution in [3.63, 3.8) is 0 Å². The van der Waals surface area contributed by atoms with Crippen LogP contribution >= 0.6 is 0 Å². The van der Waals surface area contributed by atoms with E-state index in [-0.39, 0.29) is 25.4 Å². The number of hydrogen-bond acceptors (Lipinski definition) is 4. The van der Waals surface area contributed by atoms with E-state index in [0.29, 0.717) is 0 Å². The summed E-state index contributed by atoms with van der Waals surface area (Å²) in [5, 5.41) is 20.6. The summed E-state index contributed by atoms with van der Waals surface area (Å²) in [4.78, 5) is 36.2. The first kappa shape index (κ1) is 14.2. The van der Waals surface area contributed by atoms with Crippen LogP contribution in [0.25, 0.3) is 0 Å². The Balaban J connectivity index is 2.55. The van der Waals surface area contributed by atoms with E-state index in [1.54, 1.807) is 14.1 Å². The summed E-state index contributed by atoms with van der Waals surface area (Å²) in [6, 6.07) is -1.70. The van der Waals surface area contributed by atoms with Gasteiger partial charge in [0.15, 0.2) is 0 Å². The maximum absolute atomic E-state index is 11.7. The smallest absolute Gasteiger partial charge is 0.326 e. The predicted octanol–water partition coefficient (Wildman–Crippen LogP) is -1.70. The van der Waals surface area contributed by atoms with E-state index < -0.39 is 24.1 Å². The zero-order valence-corrected chi connectivity index (χ0v) is 10.3. The molecule has 0 radical (unpaired) electrons. The zero-order valence-electron chi connectivity index (χ0n) is 10.3. The molecule has 0 aromatic heterocycles. The fourth-order valence-corrected chi connectivity index (χ4v) is 1.68. The Bertz CT molecular complexity index is 357. The number of aliphatic hydroxyl groups is 1. The van der Waals surface area contributed by atoms with Crippen molar-refractivity contribution in [2.45, 2.75) is 18.6 Å². The molecule has 3 N–H and O–H groups in total. The standard InChI is InChI=1S/C10H17N3O5/c1-12(2)8(15)4-11-10(18)13-5-6(14)3-7(13)9(16)17/h6-7,14H,3-5H2,1-2H3,(H,11,18)(H,16,17)/t6-,7+/m1/s1. The number of likely N-dealkylation sites (tertiary alicyclic amines) is 1. The van der Waals surface area contributed by atoms with Gasteiger partial charge in [-0.05, 0) is 0 Å². The number of carboxylic acid groups (broad SMARTS) is 1. The molecule has 0 aliphatic carbocycles. The highest BCUT2D eigenvalue weighted by Gasteiger charge is 2.38. The number of likely N-dealkylation sites (N-methyl/N-ethyl adjacent to an activating group) is 1. The molecule has 0 unspecified atom stereocenters. The van der Waals surface area contributed by atoms with Crippen LogP contribution < -0.4 is 5.32 Å². The maximum atomic E-state index is 11.7. The van der Waals surface area contributed by atoms with Crippen molar-refractivity contribution in [1.29, 1.82) is 0 Å². The van der Waals surface area contributed by atoms with Gasteiger partial charge in [0.25, 0.3) is 0 Å². The SMILES string of the molecule is CN(C)C(=O)CNC(=O)N1C[C@H](O)C[C@H]1C(=O)O. The van der Waals surface area contributed by atoms with Crippen molar-refractivity contribution in [3.05, 3.63) is 0 Å². The van der Waals surface area contributed by atoms with Crippen LogP contribution in [-0.2, 0) is 9.59 Å². The molecule has 18 heavy (non-hydrogen) atoms. The number of nitrogens with one attached hydrogen (secondary N) is 1. The summed E-state index contributed by atoms with van der Waals surface area (Å²) in [6.07, 6.45) is -0.842. The quantitative estimate of drug-likeness (QED) is 0.560. The van der Waals surface area contributed by atoms with Crippen molar-refractivity contribution >= 4 is 17.9 Å². The Kier molecular flexibility index (Phi) is 4.49. The van der Waals surface area contributed by atoms with Gasteiger partial charge in [0.1, 0.15) is 6.04 Å². The molecule has 1 fully saturated rings. The second-order valence-electron chi connectivity index (χ2n) is 4.34. The van der Waals surface area contributed by atoms with Crippen molar-refractivity contribution in [2.24, 2.45) is 0 Å². The van der Waals surface area contributed by atoms with Crippen LogP contribution in [-0.4, -0.2) is 77.3 Å². The second-order valence-corrected chi connectivity index (χ2v) is 4.34. The van der Waals surface area contributed by atoms with Gasteiger partial charge in [0, 0.05) is 27.1 Å². The van der Waals surface area contributed by atoms with E-state index in [9.17, 15) is 19.5 Å². The molecule has 3 amide bonds. The van der Waals surface area contributed by atoms with Gasteiger partial charge in [-0.15, -0.1) is 0 Å². The molecule has 102 valence electrons. The first-order valence-electron chi connectivity index (χ1n) is 5.48. The van der Waals surface area contributed by atoms with Gasteiger partial charge < -0.3 is 25.3 Å². The molecule has 1 saturated heterocycles. The van der Waals surface area contributed by atoms with Crippen molar-refractivity contribution in [3.8, 4) is 0 Å². The number of β-amino-alcohol motifs (C(OH)–C–C–N with tert-alkyl or cyclic N) is 1. The van der Waals surface area contributed by atoms with E-state index in [0.717, 1.165) is 4.90 Å². The van der Waals surface area contributed by atoms with Gasteiger partial charge in [-0.2, -0.15) is 0 Å². The van der Waals surface area contributed by atoms with Gasteiger partial charge in [-0.3, -0.25) is 4.79 Å². The van der Waals surface area contributed by atoms with Crippen LogP contribution in [0.2, 0.25) is 0 Å². The Morgan fingerprint density at radius 1 is 1.39 bits per heavy atom. The summed E-state index contributed by atoms with van der Waals surface area (Å²) in [7, 11) is 3.10. The maximum Gasteiger partial charge on any atom is 0.326 e. The summed E-state index contributed by atoms with van der Waals surface area (Å²) < 4.78 is 0. The van der Waals surface area contributed by atoms with Crippen molar-refractivity contribution in [1.82, 2.24) is 15.1 Å². The minimum absolute atomic E-state index is 0.00435. The topological polar surface area (TPSA) is 110 Å². The number of carbonyl (C=O) groups is 3. The fourth-order valence-electron chi connectivity index (χ4n) is 1.68. The lowest BCUT2D eigenvalue weighted by atomic mass is 10.2. The first-order valence-corrected chi connectivity index (χ1v) is 5.48. The second kappa shape index (κ2) is 5.67. The third kappa shape index (κ3) is 3.33. The van der Waals surface area contributed by atoms with Crippen LogP contribution in [0.5, 0.6) is 0 Å². The predicted molar refractivity (Wildman–Crippen MR) is 60.8 cm³/mol. The molecule has 1 aliphatic rings. The highest BCUT2D eigenvalue weighted by atomic mass is 16.4. The molecule has 2 atom stereocenters. The Morgan fingerprint density at radius 2 is 2.00 bits per heavy atom. The van der Waals surface area contributed by atoms with Crippen LogP contribution in [0.3, 0.4) is 0 Å². The van der Waals surface area contributed by atoms with E-state index in [1.807, 2.05) is 0 Å². The van der Waals surface area contributed by atoms with Gasteiger partial charge >= 0.3 is 12.0 Å². The third-order valence-corrected chi connectivity index (χ3v) is 2.71. The Morgan fingerprint density at radius 3 is 2.50 bits per heavy atom. The molecule has 0 bridgehead atoms. The van der Waals surface area contributed by atoms with Crippen molar-refractivity contribution in [2.75, 3.05) is 27.2 Å². The Hall–Kier alpha value is -1.83. The van der Waals surface area contributed by atoms with Crippen LogP contribution in [0.15, 0.2) is 0 Å². The lowest BCUT2D eigenvalue weighted by Gasteiger charge is -2.21. The van der Waals surface area contributed by atoms with Crippen molar-refractivity contribution < 1.29 is 24.6 Å². The molecule has 1 aliphatic heterocycles. The molecule has 0 spiro atoms. The highest BCUT2D eigenvalue weighted by Crippen LogP contribution is 2.17. The number of aliphatic hydroxyl groups excluding tert-OH is 1. The molecule has 0 saturated carbocycles.